The lowest BCUT2D eigenvalue weighted by Crippen LogP contribution is -2.40. The molecule has 39 heavy (non-hydrogen) atoms. The van der Waals surface area contributed by atoms with Crippen molar-refractivity contribution in [2.45, 2.75) is 51.1 Å². The van der Waals surface area contributed by atoms with Crippen molar-refractivity contribution >= 4 is 38.9 Å². The van der Waals surface area contributed by atoms with Crippen molar-refractivity contribution in [2.24, 2.45) is 5.10 Å². The molecule has 0 unspecified atom stereocenters. The van der Waals surface area contributed by atoms with Gasteiger partial charge in [0.05, 0.1) is 26.9 Å². The molecular formula is C28H29ClF3N3O3S. The third kappa shape index (κ3) is 7.39. The van der Waals surface area contributed by atoms with Gasteiger partial charge in [-0.2, -0.15) is 18.3 Å². The third-order valence-electron chi connectivity index (χ3n) is 5.96. The Morgan fingerprint density at radius 3 is 2.10 bits per heavy atom. The van der Waals surface area contributed by atoms with E-state index in [-0.39, 0.29) is 16.0 Å². The summed E-state index contributed by atoms with van der Waals surface area (Å²) in [6.07, 6.45) is -4.83. The molecule has 0 aliphatic heterocycles. The van der Waals surface area contributed by atoms with E-state index < -0.39 is 39.2 Å². The molecule has 0 aliphatic carbocycles. The van der Waals surface area contributed by atoms with Crippen LogP contribution in [0.2, 0.25) is 5.02 Å². The minimum Gasteiger partial charge on any atom is -0.271 e. The molecule has 0 atom stereocenters. The Bertz CT molecular complexity index is 1480. The van der Waals surface area contributed by atoms with Gasteiger partial charge in [0, 0.05) is 0 Å². The molecule has 0 heterocycles. The maximum atomic E-state index is 13.5. The van der Waals surface area contributed by atoms with E-state index in [4.69, 9.17) is 11.6 Å². The van der Waals surface area contributed by atoms with E-state index in [1.54, 1.807) is 26.0 Å². The van der Waals surface area contributed by atoms with Gasteiger partial charge < -0.3 is 0 Å². The predicted molar refractivity (Wildman–Crippen MR) is 148 cm³/mol. The van der Waals surface area contributed by atoms with Crippen molar-refractivity contribution in [3.05, 3.63) is 94.0 Å². The van der Waals surface area contributed by atoms with Gasteiger partial charge in [0.25, 0.3) is 15.9 Å². The lowest BCUT2D eigenvalue weighted by molar-refractivity contribution is -0.137. The number of hydrogen-bond acceptors (Lipinski definition) is 4. The summed E-state index contributed by atoms with van der Waals surface area (Å²) in [5.41, 5.74) is 3.76. The average Bonchev–Trinajstić information content (AvgIpc) is 2.85. The molecule has 0 saturated heterocycles. The monoisotopic (exact) mass is 579 g/mol. The third-order valence-corrected chi connectivity index (χ3v) is 8.07. The SMILES string of the molecule is C/C(=N/NC(=O)CN(c1ccc(Cl)c(C(F)(F)F)c1)S(=O)(=O)c1ccc(C)cc1)c1ccc(C(C)(C)C)cc1. The number of rotatable bonds is 7. The van der Waals surface area contributed by atoms with Gasteiger partial charge >= 0.3 is 6.18 Å². The first-order chi connectivity index (χ1) is 18.0. The summed E-state index contributed by atoms with van der Waals surface area (Å²) in [7, 11) is -4.44. The molecule has 0 aliphatic rings. The van der Waals surface area contributed by atoms with E-state index in [0.717, 1.165) is 28.8 Å². The zero-order valence-corrected chi connectivity index (χ0v) is 23.7. The first kappa shape index (κ1) is 30.2. The fraction of sp³-hybridized carbons (Fsp3) is 0.286. The van der Waals surface area contributed by atoms with Crippen molar-refractivity contribution in [2.75, 3.05) is 10.8 Å². The van der Waals surface area contributed by atoms with Crippen LogP contribution in [-0.2, 0) is 26.4 Å². The molecule has 0 radical (unpaired) electrons. The van der Waals surface area contributed by atoms with Gasteiger partial charge in [-0.05, 0) is 60.7 Å². The molecule has 0 spiro atoms. The lowest BCUT2D eigenvalue weighted by Gasteiger charge is -2.25. The molecule has 1 amide bonds. The van der Waals surface area contributed by atoms with Crippen molar-refractivity contribution in [1.82, 2.24) is 5.43 Å². The van der Waals surface area contributed by atoms with Gasteiger partial charge in [0.15, 0.2) is 0 Å². The van der Waals surface area contributed by atoms with Crippen molar-refractivity contribution < 1.29 is 26.4 Å². The van der Waals surface area contributed by atoms with Crippen LogP contribution in [0.5, 0.6) is 0 Å². The highest BCUT2D eigenvalue weighted by atomic mass is 35.5. The van der Waals surface area contributed by atoms with Crippen LogP contribution < -0.4 is 9.73 Å². The first-order valence-electron chi connectivity index (χ1n) is 11.9. The highest BCUT2D eigenvalue weighted by molar-refractivity contribution is 7.92. The summed E-state index contributed by atoms with van der Waals surface area (Å²) in [5.74, 6) is -0.847. The van der Waals surface area contributed by atoms with Gasteiger partial charge in [-0.3, -0.25) is 9.10 Å². The van der Waals surface area contributed by atoms with Crippen LogP contribution in [0.1, 0.15) is 49.9 Å². The fourth-order valence-corrected chi connectivity index (χ4v) is 5.26. The molecule has 0 fully saturated rings. The largest absolute Gasteiger partial charge is 0.417 e. The molecule has 1 N–H and O–H groups in total. The van der Waals surface area contributed by atoms with Crippen LogP contribution in [0.25, 0.3) is 0 Å². The number of hydrazone groups is 1. The number of nitrogens with zero attached hydrogens (tertiary/aromatic N) is 2. The lowest BCUT2D eigenvalue weighted by atomic mass is 9.86. The van der Waals surface area contributed by atoms with Crippen LogP contribution in [0.15, 0.2) is 76.7 Å². The van der Waals surface area contributed by atoms with E-state index in [9.17, 15) is 26.4 Å². The summed E-state index contributed by atoms with van der Waals surface area (Å²) < 4.78 is 68.2. The number of nitrogens with one attached hydrogen (secondary N) is 1. The first-order valence-corrected chi connectivity index (χ1v) is 13.7. The molecule has 0 bridgehead atoms. The van der Waals surface area contributed by atoms with Gasteiger partial charge in [-0.1, -0.05) is 74.3 Å². The molecule has 208 valence electrons. The zero-order valence-electron chi connectivity index (χ0n) is 22.1. The summed E-state index contributed by atoms with van der Waals surface area (Å²) in [6, 6.07) is 16.0. The Kier molecular flexibility index (Phi) is 8.82. The molecule has 3 aromatic rings. The smallest absolute Gasteiger partial charge is 0.271 e. The average molecular weight is 580 g/mol. The molecule has 3 aromatic carbocycles. The molecule has 6 nitrogen and oxygen atoms in total. The van der Waals surface area contributed by atoms with Gasteiger partial charge in [-0.15, -0.1) is 0 Å². The minimum atomic E-state index is -4.83. The standard InChI is InChI=1S/C28H29ClF3N3O3S/c1-18-6-13-23(14-7-18)39(37,38)35(22-12-15-25(29)24(16-22)28(30,31)32)17-26(36)34-33-19(2)20-8-10-21(11-9-20)27(3,4)5/h6-16H,17H2,1-5H3,(H,34,36)/b33-19-. The van der Waals surface area contributed by atoms with Crippen LogP contribution in [0.4, 0.5) is 18.9 Å². The maximum Gasteiger partial charge on any atom is 0.417 e. The quantitative estimate of drug-likeness (QED) is 0.250. The number of halogens is 4. The Balaban J connectivity index is 1.93. The molecule has 0 aromatic heterocycles. The number of benzene rings is 3. The van der Waals surface area contributed by atoms with Crippen LogP contribution in [0, 0.1) is 6.92 Å². The zero-order chi connectivity index (χ0) is 29.2. The summed E-state index contributed by atoms with van der Waals surface area (Å²) in [6.45, 7) is 8.85. The highest BCUT2D eigenvalue weighted by Gasteiger charge is 2.35. The number of amides is 1. The molecular weight excluding hydrogens is 551 g/mol. The van der Waals surface area contributed by atoms with E-state index in [1.807, 2.05) is 24.3 Å². The minimum absolute atomic E-state index is 0.0438. The van der Waals surface area contributed by atoms with Crippen molar-refractivity contribution in [3.63, 3.8) is 0 Å². The van der Waals surface area contributed by atoms with E-state index in [0.29, 0.717) is 16.1 Å². The number of carbonyl (C=O) groups is 1. The highest BCUT2D eigenvalue weighted by Crippen LogP contribution is 2.38. The number of hydrogen-bond donors (Lipinski definition) is 1. The van der Waals surface area contributed by atoms with Gasteiger partial charge in [-0.25, -0.2) is 13.8 Å². The normalized spacial score (nSPS) is 12.8. The van der Waals surface area contributed by atoms with Gasteiger partial charge in [0.1, 0.15) is 6.54 Å². The maximum absolute atomic E-state index is 13.5. The van der Waals surface area contributed by atoms with Gasteiger partial charge in [0.2, 0.25) is 0 Å². The Morgan fingerprint density at radius 1 is 0.974 bits per heavy atom. The predicted octanol–water partition coefficient (Wildman–Crippen LogP) is 6.70. The Hall–Kier alpha value is -3.37. The Labute approximate surface area is 231 Å². The second kappa shape index (κ2) is 11.4. The van der Waals surface area contributed by atoms with Crippen LogP contribution in [-0.4, -0.2) is 26.6 Å². The summed E-state index contributed by atoms with van der Waals surface area (Å²) >= 11 is 5.73. The van der Waals surface area contributed by atoms with Crippen LogP contribution in [0.3, 0.4) is 0 Å². The molecule has 11 heteroatoms. The topological polar surface area (TPSA) is 78.8 Å². The molecule has 0 saturated carbocycles. The summed E-state index contributed by atoms with van der Waals surface area (Å²) in [5, 5.41) is 3.47. The molecule has 3 rings (SSSR count). The Morgan fingerprint density at radius 2 is 1.56 bits per heavy atom. The number of sulfonamides is 1. The number of carbonyl (C=O) groups excluding carboxylic acids is 1. The summed E-state index contributed by atoms with van der Waals surface area (Å²) in [4.78, 5) is 12.7. The van der Waals surface area contributed by atoms with Crippen LogP contribution >= 0.6 is 11.6 Å². The van der Waals surface area contributed by atoms with Crippen molar-refractivity contribution in [1.29, 1.82) is 0 Å². The second-order valence-electron chi connectivity index (χ2n) is 10.0. The second-order valence-corrected chi connectivity index (χ2v) is 12.3. The fourth-order valence-electron chi connectivity index (χ4n) is 3.63. The number of anilines is 1. The van der Waals surface area contributed by atoms with E-state index >= 15 is 0 Å². The van der Waals surface area contributed by atoms with E-state index in [2.05, 4.69) is 31.3 Å². The number of aryl methyl sites for hydroxylation is 1. The van der Waals surface area contributed by atoms with E-state index in [1.165, 1.54) is 12.1 Å². The van der Waals surface area contributed by atoms with Crippen molar-refractivity contribution in [3.8, 4) is 0 Å². The number of alkyl halides is 3.